The number of hydrogen-bond acceptors (Lipinski definition) is 5. The van der Waals surface area contributed by atoms with Gasteiger partial charge in [0.1, 0.15) is 36.6 Å². The van der Waals surface area contributed by atoms with E-state index in [0.717, 1.165) is 12.2 Å². The van der Waals surface area contributed by atoms with Gasteiger partial charge in [0.05, 0.1) is 12.8 Å². The maximum atomic E-state index is 12.9. The number of ether oxygens (including phenoxy) is 2. The summed E-state index contributed by atoms with van der Waals surface area (Å²) in [7, 11) is 0. The van der Waals surface area contributed by atoms with E-state index in [2.05, 4.69) is 15.6 Å². The number of benzene rings is 1. The summed E-state index contributed by atoms with van der Waals surface area (Å²) >= 11 is 0. The van der Waals surface area contributed by atoms with Crippen molar-refractivity contribution >= 4 is 29.9 Å². The summed E-state index contributed by atoms with van der Waals surface area (Å²) in [4.78, 5) is 4.35. The van der Waals surface area contributed by atoms with Crippen molar-refractivity contribution in [1.29, 1.82) is 0 Å². The highest BCUT2D eigenvalue weighted by atomic mass is 127. The second-order valence-corrected chi connectivity index (χ2v) is 6.05. The van der Waals surface area contributed by atoms with Crippen molar-refractivity contribution in [2.24, 2.45) is 4.99 Å². The number of aliphatic imine (C=N–C) groups is 1. The molecule has 2 rings (SSSR count). The van der Waals surface area contributed by atoms with Crippen LogP contribution in [-0.4, -0.2) is 50.0 Å². The van der Waals surface area contributed by atoms with Crippen molar-refractivity contribution in [1.82, 2.24) is 10.6 Å². The molecule has 0 bridgehead atoms. The smallest absolute Gasteiger partial charge is 0.191 e. The van der Waals surface area contributed by atoms with Crippen LogP contribution in [0.3, 0.4) is 0 Å². The minimum atomic E-state index is -0.767. The number of halogens is 2. The van der Waals surface area contributed by atoms with Gasteiger partial charge in [-0.15, -0.1) is 24.0 Å². The van der Waals surface area contributed by atoms with Gasteiger partial charge in [-0.3, -0.25) is 4.99 Å². The number of rotatable bonds is 12. The Hall–Kier alpha value is -1.85. The first-order valence-corrected chi connectivity index (χ1v) is 9.36. The molecule has 7 nitrogen and oxygen atoms in total. The predicted molar refractivity (Wildman–Crippen MR) is 120 cm³/mol. The molecule has 162 valence electrons. The second kappa shape index (κ2) is 15.1. The van der Waals surface area contributed by atoms with E-state index in [-0.39, 0.29) is 42.9 Å². The molecule has 1 aromatic heterocycles. The van der Waals surface area contributed by atoms with Crippen LogP contribution in [0.1, 0.15) is 19.1 Å². The van der Waals surface area contributed by atoms with Crippen LogP contribution in [0.2, 0.25) is 0 Å². The number of aliphatic hydroxyl groups is 1. The number of aliphatic hydroxyl groups excluding tert-OH is 1. The minimum Gasteiger partial charge on any atom is -0.491 e. The SMILES string of the molecule is CCNC(=NCC(O)COc1ccc(F)cc1)NCCCOCc1ccco1.I. The zero-order chi connectivity index (χ0) is 20.0. The van der Waals surface area contributed by atoms with Gasteiger partial charge in [-0.05, 0) is 49.7 Å². The molecule has 29 heavy (non-hydrogen) atoms. The summed E-state index contributed by atoms with van der Waals surface area (Å²) in [5.74, 6) is 1.60. The van der Waals surface area contributed by atoms with Crippen LogP contribution in [-0.2, 0) is 11.3 Å². The van der Waals surface area contributed by atoms with E-state index in [1.54, 1.807) is 6.26 Å². The third kappa shape index (κ3) is 11.1. The highest BCUT2D eigenvalue weighted by molar-refractivity contribution is 14.0. The summed E-state index contributed by atoms with van der Waals surface area (Å²) in [5.41, 5.74) is 0. The molecule has 0 saturated heterocycles. The molecule has 0 saturated carbocycles. The molecule has 1 aromatic carbocycles. The van der Waals surface area contributed by atoms with Gasteiger partial charge in [-0.25, -0.2) is 4.39 Å². The maximum Gasteiger partial charge on any atom is 0.191 e. The van der Waals surface area contributed by atoms with Gasteiger partial charge in [-0.1, -0.05) is 0 Å². The quantitative estimate of drug-likeness (QED) is 0.172. The van der Waals surface area contributed by atoms with Crippen molar-refractivity contribution < 1.29 is 23.4 Å². The molecule has 0 aliphatic rings. The Bertz CT molecular complexity index is 684. The standard InChI is InChI=1S/C20H28FN3O4.HI/c1-2-22-20(23-10-4-11-26-15-19-5-3-12-27-19)24-13-17(25)14-28-18-8-6-16(21)7-9-18;/h3,5-9,12,17,25H,2,4,10-11,13-15H2,1H3,(H2,22,23,24);1H. The number of nitrogens with zero attached hydrogens (tertiary/aromatic N) is 1. The fraction of sp³-hybridized carbons (Fsp3) is 0.450. The van der Waals surface area contributed by atoms with E-state index < -0.39 is 6.10 Å². The molecule has 9 heteroatoms. The van der Waals surface area contributed by atoms with Crippen LogP contribution in [0.25, 0.3) is 0 Å². The number of furan rings is 1. The highest BCUT2D eigenvalue weighted by Crippen LogP contribution is 2.11. The number of nitrogens with one attached hydrogen (secondary N) is 2. The Balaban J connectivity index is 0.00000420. The average molecular weight is 521 g/mol. The summed E-state index contributed by atoms with van der Waals surface area (Å²) in [6, 6.07) is 9.37. The number of guanidine groups is 1. The predicted octanol–water partition coefficient (Wildman–Crippen LogP) is 2.94. The largest absolute Gasteiger partial charge is 0.491 e. The van der Waals surface area contributed by atoms with Crippen molar-refractivity contribution in [2.75, 3.05) is 32.8 Å². The molecule has 1 unspecified atom stereocenters. The first-order chi connectivity index (χ1) is 13.7. The zero-order valence-electron chi connectivity index (χ0n) is 16.5. The van der Waals surface area contributed by atoms with Gasteiger partial charge in [0.15, 0.2) is 5.96 Å². The molecule has 0 radical (unpaired) electrons. The molecule has 0 spiro atoms. The van der Waals surface area contributed by atoms with Crippen LogP contribution < -0.4 is 15.4 Å². The molecule has 0 aliphatic heterocycles. The molecule has 2 aromatic rings. The summed E-state index contributed by atoms with van der Waals surface area (Å²) in [5, 5.41) is 16.3. The monoisotopic (exact) mass is 521 g/mol. The molecule has 0 fully saturated rings. The Kier molecular flexibility index (Phi) is 13.1. The molecular weight excluding hydrogens is 492 g/mol. The Morgan fingerprint density at radius 3 is 2.72 bits per heavy atom. The minimum absolute atomic E-state index is 0. The van der Waals surface area contributed by atoms with E-state index in [1.165, 1.54) is 24.3 Å². The lowest BCUT2D eigenvalue weighted by Gasteiger charge is -2.14. The summed E-state index contributed by atoms with van der Waals surface area (Å²) in [6.07, 6.45) is 1.66. The number of hydrogen-bond donors (Lipinski definition) is 3. The zero-order valence-corrected chi connectivity index (χ0v) is 18.8. The van der Waals surface area contributed by atoms with Gasteiger partial charge in [0.2, 0.25) is 0 Å². The van der Waals surface area contributed by atoms with Gasteiger partial charge in [-0.2, -0.15) is 0 Å². The van der Waals surface area contributed by atoms with E-state index in [1.807, 2.05) is 19.1 Å². The molecule has 1 atom stereocenters. The van der Waals surface area contributed by atoms with Gasteiger partial charge >= 0.3 is 0 Å². The lowest BCUT2D eigenvalue weighted by molar-refractivity contribution is 0.105. The van der Waals surface area contributed by atoms with Gasteiger partial charge in [0.25, 0.3) is 0 Å². The second-order valence-electron chi connectivity index (χ2n) is 6.05. The van der Waals surface area contributed by atoms with E-state index in [4.69, 9.17) is 13.9 Å². The Morgan fingerprint density at radius 1 is 1.24 bits per heavy atom. The fourth-order valence-electron chi connectivity index (χ4n) is 2.26. The lowest BCUT2D eigenvalue weighted by Crippen LogP contribution is -2.39. The van der Waals surface area contributed by atoms with Crippen molar-refractivity contribution in [3.05, 3.63) is 54.2 Å². The van der Waals surface area contributed by atoms with Crippen molar-refractivity contribution in [3.8, 4) is 5.75 Å². The van der Waals surface area contributed by atoms with Crippen LogP contribution in [0.5, 0.6) is 5.75 Å². The molecule has 0 amide bonds. The topological polar surface area (TPSA) is 88.3 Å². The first kappa shape index (κ1) is 25.2. The van der Waals surface area contributed by atoms with E-state index in [9.17, 15) is 9.50 Å². The summed E-state index contributed by atoms with van der Waals surface area (Å²) in [6.45, 7) is 4.69. The molecule has 1 heterocycles. The normalized spacial score (nSPS) is 12.2. The average Bonchev–Trinajstić information content (AvgIpc) is 3.21. The van der Waals surface area contributed by atoms with E-state index in [0.29, 0.717) is 38.0 Å². The third-order valence-electron chi connectivity index (χ3n) is 3.64. The first-order valence-electron chi connectivity index (χ1n) is 9.36. The van der Waals surface area contributed by atoms with Crippen LogP contribution in [0.15, 0.2) is 52.1 Å². The molecule has 3 N–H and O–H groups in total. The van der Waals surface area contributed by atoms with Crippen molar-refractivity contribution in [2.45, 2.75) is 26.1 Å². The van der Waals surface area contributed by atoms with Gasteiger partial charge in [0, 0.05) is 19.7 Å². The van der Waals surface area contributed by atoms with Crippen molar-refractivity contribution in [3.63, 3.8) is 0 Å². The molecule has 0 aliphatic carbocycles. The van der Waals surface area contributed by atoms with E-state index >= 15 is 0 Å². The maximum absolute atomic E-state index is 12.9. The highest BCUT2D eigenvalue weighted by Gasteiger charge is 2.06. The van der Waals surface area contributed by atoms with Gasteiger partial charge < -0.3 is 29.6 Å². The Labute approximate surface area is 187 Å². The van der Waals surface area contributed by atoms with Crippen LogP contribution in [0.4, 0.5) is 4.39 Å². The lowest BCUT2D eigenvalue weighted by atomic mass is 10.3. The molecular formula is C20H29FIN3O4. The third-order valence-corrected chi connectivity index (χ3v) is 3.64. The van der Waals surface area contributed by atoms with Crippen LogP contribution >= 0.6 is 24.0 Å². The summed E-state index contributed by atoms with van der Waals surface area (Å²) < 4.78 is 29.0. The Morgan fingerprint density at radius 2 is 2.03 bits per heavy atom. The fourth-order valence-corrected chi connectivity index (χ4v) is 2.26. The van der Waals surface area contributed by atoms with Crippen LogP contribution in [0, 0.1) is 5.82 Å².